The fraction of sp³-hybridized carbons (Fsp3) is 0.429. The van der Waals surface area contributed by atoms with E-state index in [1.807, 2.05) is 12.3 Å². The summed E-state index contributed by atoms with van der Waals surface area (Å²) in [5, 5.41) is 2.61. The first kappa shape index (κ1) is 25.9. The number of carbonyl (C=O) groups is 1. The van der Waals surface area contributed by atoms with Crippen molar-refractivity contribution in [3.8, 4) is 0 Å². The third-order valence-electron chi connectivity index (χ3n) is 4.97. The van der Waals surface area contributed by atoms with Crippen LogP contribution in [-0.2, 0) is 6.18 Å². The van der Waals surface area contributed by atoms with E-state index in [2.05, 4.69) is 16.0 Å². The zero-order valence-electron chi connectivity index (χ0n) is 17.9. The summed E-state index contributed by atoms with van der Waals surface area (Å²) in [6.07, 6.45) is -3.09. The number of piperidine rings is 1. The second kappa shape index (κ2) is 10.5. The number of benzene rings is 1. The van der Waals surface area contributed by atoms with E-state index in [9.17, 15) is 26.7 Å². The molecule has 1 aliphatic heterocycles. The standard InChI is InChI=1S/C20H20F5N3OS.CH5N/c1-12-15(20(23,24)25)11-26-17(28-8-6-19(21,22)7-9-28)16(12)18(29)27-13-4-3-5-14(10-13)30-2;1-2/h3-5,10-11H,6-9H2,1-2H3,(H,27,29);2H2,1H3. The lowest BCUT2D eigenvalue weighted by molar-refractivity contribution is -0.138. The summed E-state index contributed by atoms with van der Waals surface area (Å²) in [6.45, 7) is 0.986. The van der Waals surface area contributed by atoms with Gasteiger partial charge in [0.2, 0.25) is 0 Å². The molecule has 1 fully saturated rings. The molecule has 0 saturated carbocycles. The molecule has 5 nitrogen and oxygen atoms in total. The molecule has 1 aliphatic rings. The number of thioether (sulfide) groups is 1. The Bertz CT molecular complexity index is 942. The van der Waals surface area contributed by atoms with Crippen LogP contribution in [0.4, 0.5) is 33.5 Å². The summed E-state index contributed by atoms with van der Waals surface area (Å²) in [5.74, 6) is -3.62. The molecule has 176 valence electrons. The fourth-order valence-corrected chi connectivity index (χ4v) is 3.79. The zero-order valence-corrected chi connectivity index (χ0v) is 18.7. The van der Waals surface area contributed by atoms with Crippen molar-refractivity contribution in [3.63, 3.8) is 0 Å². The van der Waals surface area contributed by atoms with Crippen LogP contribution in [0, 0.1) is 6.92 Å². The highest BCUT2D eigenvalue weighted by Gasteiger charge is 2.39. The number of hydrogen-bond acceptors (Lipinski definition) is 5. The number of amides is 1. The number of pyridine rings is 1. The third kappa shape index (κ3) is 6.10. The molecule has 2 heterocycles. The maximum absolute atomic E-state index is 13.5. The molecule has 1 aromatic carbocycles. The molecule has 1 saturated heterocycles. The highest BCUT2D eigenvalue weighted by atomic mass is 32.2. The predicted molar refractivity (Wildman–Crippen MR) is 117 cm³/mol. The molecule has 0 aliphatic carbocycles. The number of hydrogen-bond donors (Lipinski definition) is 2. The maximum Gasteiger partial charge on any atom is 0.418 e. The minimum atomic E-state index is -4.70. The van der Waals surface area contributed by atoms with Crippen molar-refractivity contribution in [2.24, 2.45) is 5.73 Å². The summed E-state index contributed by atoms with van der Waals surface area (Å²) < 4.78 is 67.3. The second-order valence-electron chi connectivity index (χ2n) is 7.02. The number of halogens is 5. The summed E-state index contributed by atoms with van der Waals surface area (Å²) in [4.78, 5) is 19.2. The lowest BCUT2D eigenvalue weighted by Crippen LogP contribution is -2.41. The molecular formula is C21H25F5N4OS. The summed E-state index contributed by atoms with van der Waals surface area (Å²) in [7, 11) is 1.50. The highest BCUT2D eigenvalue weighted by molar-refractivity contribution is 7.98. The van der Waals surface area contributed by atoms with Gasteiger partial charge in [0.05, 0.1) is 11.1 Å². The van der Waals surface area contributed by atoms with Crippen molar-refractivity contribution in [3.05, 3.63) is 47.2 Å². The van der Waals surface area contributed by atoms with E-state index in [0.717, 1.165) is 4.90 Å². The van der Waals surface area contributed by atoms with Gasteiger partial charge in [0, 0.05) is 42.7 Å². The van der Waals surface area contributed by atoms with Crippen LogP contribution < -0.4 is 16.0 Å². The fourth-order valence-electron chi connectivity index (χ4n) is 3.33. The molecule has 0 atom stereocenters. The summed E-state index contributed by atoms with van der Waals surface area (Å²) in [5.41, 5.74) is 3.34. The minimum Gasteiger partial charge on any atom is -0.355 e. The van der Waals surface area contributed by atoms with Gasteiger partial charge in [-0.1, -0.05) is 6.07 Å². The average Bonchev–Trinajstić information content (AvgIpc) is 2.74. The van der Waals surface area contributed by atoms with E-state index in [1.165, 1.54) is 30.6 Å². The summed E-state index contributed by atoms with van der Waals surface area (Å²) >= 11 is 1.45. The molecule has 3 N–H and O–H groups in total. The Morgan fingerprint density at radius 3 is 2.41 bits per heavy atom. The quantitative estimate of drug-likeness (QED) is 0.469. The first-order chi connectivity index (χ1) is 15.0. The Kier molecular flexibility index (Phi) is 8.47. The molecular weight excluding hydrogens is 451 g/mol. The van der Waals surface area contributed by atoms with Gasteiger partial charge in [0.15, 0.2) is 0 Å². The molecule has 3 rings (SSSR count). The smallest absolute Gasteiger partial charge is 0.355 e. The van der Waals surface area contributed by atoms with Crippen LogP contribution in [-0.4, -0.2) is 43.2 Å². The van der Waals surface area contributed by atoms with Gasteiger partial charge in [-0.3, -0.25) is 4.79 Å². The van der Waals surface area contributed by atoms with Crippen LogP contribution in [0.2, 0.25) is 0 Å². The van der Waals surface area contributed by atoms with Gasteiger partial charge >= 0.3 is 6.18 Å². The van der Waals surface area contributed by atoms with Crippen LogP contribution in [0.1, 0.15) is 34.3 Å². The van der Waals surface area contributed by atoms with Crippen molar-refractivity contribution in [2.75, 3.05) is 36.6 Å². The molecule has 0 unspecified atom stereocenters. The van der Waals surface area contributed by atoms with Gasteiger partial charge in [-0.25, -0.2) is 13.8 Å². The van der Waals surface area contributed by atoms with Crippen molar-refractivity contribution in [1.82, 2.24) is 4.98 Å². The lowest BCUT2D eigenvalue weighted by Gasteiger charge is -2.34. The van der Waals surface area contributed by atoms with Gasteiger partial charge in [-0.05, 0) is 44.0 Å². The van der Waals surface area contributed by atoms with Gasteiger partial charge < -0.3 is 16.0 Å². The van der Waals surface area contributed by atoms with E-state index in [0.29, 0.717) is 11.9 Å². The largest absolute Gasteiger partial charge is 0.418 e. The average molecular weight is 477 g/mol. The molecule has 0 bridgehead atoms. The number of anilines is 2. The molecule has 11 heteroatoms. The SMILES string of the molecule is CN.CSc1cccc(NC(=O)c2c(N3CCC(F)(F)CC3)ncc(C(F)(F)F)c2C)c1. The van der Waals surface area contributed by atoms with Crippen LogP contribution in [0.15, 0.2) is 35.4 Å². The molecule has 0 spiro atoms. The van der Waals surface area contributed by atoms with Crippen molar-refractivity contribution in [1.29, 1.82) is 0 Å². The monoisotopic (exact) mass is 476 g/mol. The van der Waals surface area contributed by atoms with Crippen LogP contribution in [0.3, 0.4) is 0 Å². The topological polar surface area (TPSA) is 71.2 Å². The van der Waals surface area contributed by atoms with Crippen molar-refractivity contribution in [2.45, 2.75) is 36.8 Å². The van der Waals surface area contributed by atoms with E-state index < -0.39 is 36.4 Å². The van der Waals surface area contributed by atoms with Crippen LogP contribution in [0.5, 0.6) is 0 Å². The second-order valence-corrected chi connectivity index (χ2v) is 7.90. The van der Waals surface area contributed by atoms with Gasteiger partial charge in [-0.15, -0.1) is 11.8 Å². The number of aromatic nitrogens is 1. The Labute approximate surface area is 187 Å². The predicted octanol–water partition coefficient (Wildman–Crippen LogP) is 5.19. The summed E-state index contributed by atoms with van der Waals surface area (Å²) in [6, 6.07) is 6.86. The normalized spacial score (nSPS) is 15.6. The Balaban J connectivity index is 0.00000176. The van der Waals surface area contributed by atoms with Gasteiger partial charge in [0.1, 0.15) is 5.82 Å². The first-order valence-electron chi connectivity index (χ1n) is 9.74. The van der Waals surface area contributed by atoms with E-state index in [4.69, 9.17) is 0 Å². The third-order valence-corrected chi connectivity index (χ3v) is 5.70. The lowest BCUT2D eigenvalue weighted by atomic mass is 10.0. The molecule has 1 amide bonds. The van der Waals surface area contributed by atoms with Gasteiger partial charge in [0.25, 0.3) is 11.8 Å². The van der Waals surface area contributed by atoms with E-state index in [1.54, 1.807) is 18.2 Å². The Hall–Kier alpha value is -2.40. The Morgan fingerprint density at radius 1 is 1.22 bits per heavy atom. The van der Waals surface area contributed by atoms with E-state index in [-0.39, 0.29) is 30.0 Å². The van der Waals surface area contributed by atoms with Crippen LogP contribution in [0.25, 0.3) is 0 Å². The highest BCUT2D eigenvalue weighted by Crippen LogP contribution is 2.37. The molecule has 32 heavy (non-hydrogen) atoms. The van der Waals surface area contributed by atoms with Gasteiger partial charge in [-0.2, -0.15) is 13.2 Å². The van der Waals surface area contributed by atoms with E-state index >= 15 is 0 Å². The molecule has 2 aromatic rings. The van der Waals surface area contributed by atoms with Crippen molar-refractivity contribution >= 4 is 29.2 Å². The maximum atomic E-state index is 13.5. The number of nitrogens with one attached hydrogen (secondary N) is 1. The minimum absolute atomic E-state index is 0.0190. The molecule has 0 radical (unpaired) electrons. The number of alkyl halides is 5. The van der Waals surface area contributed by atoms with Crippen molar-refractivity contribution < 1.29 is 26.7 Å². The number of carbonyl (C=O) groups excluding carboxylic acids is 1. The number of rotatable bonds is 4. The number of nitrogens with two attached hydrogens (primary N) is 1. The number of nitrogens with zero attached hydrogens (tertiary/aromatic N) is 2. The Morgan fingerprint density at radius 2 is 1.84 bits per heavy atom. The first-order valence-corrected chi connectivity index (χ1v) is 11.0. The zero-order chi connectivity index (χ0) is 24.1. The van der Waals surface area contributed by atoms with Crippen LogP contribution >= 0.6 is 11.8 Å². The molecule has 1 aromatic heterocycles.